The van der Waals surface area contributed by atoms with Crippen molar-refractivity contribution in [2.45, 2.75) is 37.8 Å². The molecule has 4 rings (SSSR count). The van der Waals surface area contributed by atoms with E-state index < -0.39 is 5.97 Å². The summed E-state index contributed by atoms with van der Waals surface area (Å²) in [7, 11) is 1.57. The molecule has 7 heteroatoms. The molecule has 1 aromatic carbocycles. The molecule has 0 radical (unpaired) electrons. The maximum Gasteiger partial charge on any atom is 0.341 e. The normalized spacial score (nSPS) is 23.8. The number of carboxylic acids is 1. The lowest BCUT2D eigenvalue weighted by Crippen LogP contribution is -2.50. The molecule has 0 unspecified atom stereocenters. The van der Waals surface area contributed by atoms with Gasteiger partial charge in [0, 0.05) is 43.0 Å². The maximum atomic E-state index is 10.9. The third-order valence-corrected chi connectivity index (χ3v) is 6.00. The van der Waals surface area contributed by atoms with Crippen LogP contribution < -0.4 is 15.2 Å². The van der Waals surface area contributed by atoms with Gasteiger partial charge in [-0.05, 0) is 60.7 Å². The van der Waals surface area contributed by atoms with Crippen molar-refractivity contribution < 1.29 is 19.4 Å². The monoisotopic (exact) mass is 397 g/mol. The van der Waals surface area contributed by atoms with E-state index >= 15 is 0 Å². The predicted molar refractivity (Wildman–Crippen MR) is 108 cm³/mol. The highest BCUT2D eigenvalue weighted by atomic mass is 16.5. The first-order valence-electron chi connectivity index (χ1n) is 9.94. The number of nitrogens with zero attached hydrogens (tertiary/aromatic N) is 2. The Balaban J connectivity index is 1.60. The van der Waals surface area contributed by atoms with Gasteiger partial charge in [0.25, 0.3) is 0 Å². The maximum absolute atomic E-state index is 10.9. The molecule has 1 saturated heterocycles. The van der Waals surface area contributed by atoms with Gasteiger partial charge in [0.05, 0.1) is 7.11 Å². The summed E-state index contributed by atoms with van der Waals surface area (Å²) >= 11 is 0. The summed E-state index contributed by atoms with van der Waals surface area (Å²) in [6.45, 7) is 3.50. The zero-order valence-electron chi connectivity index (χ0n) is 16.8. The van der Waals surface area contributed by atoms with Gasteiger partial charge in [-0.3, -0.25) is 9.88 Å². The van der Waals surface area contributed by atoms with E-state index in [1.165, 1.54) is 16.7 Å². The van der Waals surface area contributed by atoms with E-state index in [-0.39, 0.29) is 24.6 Å². The number of benzene rings is 1. The van der Waals surface area contributed by atoms with Crippen molar-refractivity contribution in [1.29, 1.82) is 0 Å². The molecule has 1 fully saturated rings. The average molecular weight is 397 g/mol. The first-order valence-corrected chi connectivity index (χ1v) is 9.94. The number of nitrogens with two attached hydrogens (primary N) is 1. The van der Waals surface area contributed by atoms with Crippen LogP contribution in [0.15, 0.2) is 30.5 Å². The molecular formula is C22H27N3O4. The second kappa shape index (κ2) is 8.00. The Morgan fingerprint density at radius 3 is 2.90 bits per heavy atom. The average Bonchev–Trinajstić information content (AvgIpc) is 2.71. The van der Waals surface area contributed by atoms with Crippen LogP contribution in [0.4, 0.5) is 0 Å². The number of rotatable bonds is 5. The summed E-state index contributed by atoms with van der Waals surface area (Å²) in [5, 5.41) is 8.90. The Morgan fingerprint density at radius 2 is 2.17 bits per heavy atom. The molecule has 1 aromatic heterocycles. The number of aryl methyl sites for hydroxylation is 1. The Kier molecular flexibility index (Phi) is 5.43. The van der Waals surface area contributed by atoms with Crippen LogP contribution in [0.2, 0.25) is 0 Å². The van der Waals surface area contributed by atoms with E-state index in [0.29, 0.717) is 11.5 Å². The van der Waals surface area contributed by atoms with Crippen molar-refractivity contribution in [3.63, 3.8) is 0 Å². The smallest absolute Gasteiger partial charge is 0.341 e. The van der Waals surface area contributed by atoms with E-state index in [0.717, 1.165) is 31.6 Å². The number of fused-ring (bicyclic) bond motifs is 3. The zero-order valence-corrected chi connectivity index (χ0v) is 16.8. The van der Waals surface area contributed by atoms with Crippen LogP contribution in [0, 0.1) is 6.92 Å². The van der Waals surface area contributed by atoms with Crippen LogP contribution >= 0.6 is 0 Å². The predicted octanol–water partition coefficient (Wildman–Crippen LogP) is 2.28. The van der Waals surface area contributed by atoms with Crippen molar-refractivity contribution in [3.05, 3.63) is 52.8 Å². The summed E-state index contributed by atoms with van der Waals surface area (Å²) in [5.74, 6) is 0.240. The topological polar surface area (TPSA) is 97.9 Å². The second-order valence-corrected chi connectivity index (χ2v) is 7.91. The molecule has 7 nitrogen and oxygen atoms in total. The SMILES string of the molecule is COc1cc2c(cc1OCC(=O)O)CCN1C[C@@H](c3cc(C)ccn3)[C@H](N)C[C@H]21. The second-order valence-electron chi connectivity index (χ2n) is 7.91. The van der Waals surface area contributed by atoms with E-state index in [2.05, 4.69) is 22.9 Å². The van der Waals surface area contributed by atoms with Crippen LogP contribution in [0.5, 0.6) is 11.5 Å². The fourth-order valence-corrected chi connectivity index (χ4v) is 4.55. The molecule has 0 bridgehead atoms. The molecule has 3 atom stereocenters. The fourth-order valence-electron chi connectivity index (χ4n) is 4.55. The first kappa shape index (κ1) is 19.7. The Bertz CT molecular complexity index is 917. The number of carbonyl (C=O) groups is 1. The quantitative estimate of drug-likeness (QED) is 0.799. The van der Waals surface area contributed by atoms with Gasteiger partial charge >= 0.3 is 5.97 Å². The van der Waals surface area contributed by atoms with Crippen molar-refractivity contribution >= 4 is 5.97 Å². The van der Waals surface area contributed by atoms with Gasteiger partial charge in [-0.1, -0.05) is 0 Å². The molecule has 3 heterocycles. The van der Waals surface area contributed by atoms with Crippen LogP contribution in [0.1, 0.15) is 40.8 Å². The Morgan fingerprint density at radius 1 is 1.34 bits per heavy atom. The number of carboxylic acid groups (broad SMARTS) is 1. The largest absolute Gasteiger partial charge is 0.493 e. The molecular weight excluding hydrogens is 370 g/mol. The first-order chi connectivity index (χ1) is 14.0. The van der Waals surface area contributed by atoms with E-state index in [1.807, 2.05) is 24.4 Å². The Labute approximate surface area is 170 Å². The molecule has 154 valence electrons. The zero-order chi connectivity index (χ0) is 20.5. The summed E-state index contributed by atoms with van der Waals surface area (Å²) < 4.78 is 10.9. The standard InChI is InChI=1S/C22H27N3O4/c1-13-3-5-24-18(7-13)16-11-25-6-4-14-8-21(29-12-22(26)27)20(28-2)9-15(14)19(25)10-17(16)23/h3,5,7-9,16-17,19H,4,6,10-12,23H2,1-2H3,(H,26,27)/t16-,17-,19-/m1/s1. The molecule has 2 aromatic rings. The molecule has 0 saturated carbocycles. The molecule has 0 amide bonds. The van der Waals surface area contributed by atoms with E-state index in [4.69, 9.17) is 20.3 Å². The summed E-state index contributed by atoms with van der Waals surface area (Å²) in [5.41, 5.74) is 11.3. The number of methoxy groups -OCH3 is 1. The van der Waals surface area contributed by atoms with E-state index in [1.54, 1.807) is 7.11 Å². The molecule has 0 aliphatic carbocycles. The highest BCUT2D eigenvalue weighted by molar-refractivity contribution is 5.68. The number of piperidine rings is 1. The molecule has 2 aliphatic heterocycles. The minimum absolute atomic E-state index is 0.0189. The molecule has 29 heavy (non-hydrogen) atoms. The number of aromatic nitrogens is 1. The van der Waals surface area contributed by atoms with Crippen molar-refractivity contribution in [1.82, 2.24) is 9.88 Å². The lowest BCUT2D eigenvalue weighted by molar-refractivity contribution is -0.139. The third-order valence-electron chi connectivity index (χ3n) is 6.00. The van der Waals surface area contributed by atoms with Gasteiger partial charge in [0.2, 0.25) is 0 Å². The number of ether oxygens (including phenoxy) is 2. The van der Waals surface area contributed by atoms with Crippen LogP contribution in [0.25, 0.3) is 0 Å². The molecule has 2 aliphatic rings. The van der Waals surface area contributed by atoms with Crippen molar-refractivity contribution in [3.8, 4) is 11.5 Å². The third kappa shape index (κ3) is 3.93. The molecule has 3 N–H and O–H groups in total. The number of aliphatic carboxylic acids is 1. The van der Waals surface area contributed by atoms with E-state index in [9.17, 15) is 4.79 Å². The van der Waals surface area contributed by atoms with Gasteiger partial charge < -0.3 is 20.3 Å². The fraction of sp³-hybridized carbons (Fsp3) is 0.455. The highest BCUT2D eigenvalue weighted by Crippen LogP contribution is 2.44. The van der Waals surface area contributed by atoms with Gasteiger partial charge in [-0.25, -0.2) is 4.79 Å². The number of hydrogen-bond acceptors (Lipinski definition) is 6. The summed E-state index contributed by atoms with van der Waals surface area (Å²) in [4.78, 5) is 17.9. The van der Waals surface area contributed by atoms with Gasteiger partial charge in [-0.15, -0.1) is 0 Å². The van der Waals surface area contributed by atoms with Gasteiger partial charge in [0.1, 0.15) is 0 Å². The van der Waals surface area contributed by atoms with Crippen LogP contribution in [-0.2, 0) is 11.2 Å². The molecule has 0 spiro atoms. The van der Waals surface area contributed by atoms with Crippen LogP contribution in [0.3, 0.4) is 0 Å². The highest BCUT2D eigenvalue weighted by Gasteiger charge is 2.39. The lowest BCUT2D eigenvalue weighted by Gasteiger charge is -2.46. The van der Waals surface area contributed by atoms with Crippen molar-refractivity contribution in [2.75, 3.05) is 26.8 Å². The van der Waals surface area contributed by atoms with Gasteiger partial charge in [-0.2, -0.15) is 0 Å². The minimum Gasteiger partial charge on any atom is -0.493 e. The number of pyridine rings is 1. The van der Waals surface area contributed by atoms with Gasteiger partial charge in [0.15, 0.2) is 18.1 Å². The summed E-state index contributed by atoms with van der Waals surface area (Å²) in [6, 6.07) is 8.30. The lowest BCUT2D eigenvalue weighted by atomic mass is 9.79. The van der Waals surface area contributed by atoms with Crippen LogP contribution in [-0.4, -0.2) is 53.8 Å². The summed E-state index contributed by atoms with van der Waals surface area (Å²) in [6.07, 6.45) is 3.58. The minimum atomic E-state index is -1.01. The van der Waals surface area contributed by atoms with Crippen molar-refractivity contribution in [2.24, 2.45) is 5.73 Å². The Hall–Kier alpha value is -2.64. The number of hydrogen-bond donors (Lipinski definition) is 2.